The summed E-state index contributed by atoms with van der Waals surface area (Å²) in [6.07, 6.45) is 2.34. The van der Waals surface area contributed by atoms with Gasteiger partial charge in [-0.15, -0.1) is 0 Å². The van der Waals surface area contributed by atoms with Gasteiger partial charge in [-0.2, -0.15) is 8.78 Å². The molecule has 1 N–H and O–H groups in total. The first-order valence-electron chi connectivity index (χ1n) is 8.30. The number of likely N-dealkylation sites (tertiary alicyclic amines) is 1. The van der Waals surface area contributed by atoms with Crippen LogP contribution in [0.5, 0.6) is 0 Å². The summed E-state index contributed by atoms with van der Waals surface area (Å²) in [5.74, 6) is -4.32. The summed E-state index contributed by atoms with van der Waals surface area (Å²) in [7, 11) is -4.64. The molecule has 0 radical (unpaired) electrons. The first kappa shape index (κ1) is 20.3. The number of carbonyl (C=O) groups excluding carboxylic acids is 1. The summed E-state index contributed by atoms with van der Waals surface area (Å²) >= 11 is 0. The Hall–Kier alpha value is -2.03. The van der Waals surface area contributed by atoms with Crippen molar-refractivity contribution in [2.75, 3.05) is 13.1 Å². The Morgan fingerprint density at radius 2 is 1.88 bits per heavy atom. The molecule has 0 bridgehead atoms. The van der Waals surface area contributed by atoms with Crippen LogP contribution in [0.15, 0.2) is 29.2 Å². The highest BCUT2D eigenvalue weighted by molar-refractivity contribution is 7.91. The maximum absolute atomic E-state index is 12.5. The molecule has 1 fully saturated rings. The summed E-state index contributed by atoms with van der Waals surface area (Å²) < 4.78 is 47.8. The summed E-state index contributed by atoms with van der Waals surface area (Å²) in [5.41, 5.74) is 0.538. The number of nitrogens with zero attached hydrogens (tertiary/aromatic N) is 1. The van der Waals surface area contributed by atoms with E-state index in [4.69, 9.17) is 5.11 Å². The van der Waals surface area contributed by atoms with E-state index in [0.717, 1.165) is 25.0 Å². The lowest BCUT2D eigenvalue weighted by Gasteiger charge is -2.32. The number of piperidine rings is 1. The third kappa shape index (κ3) is 5.23. The van der Waals surface area contributed by atoms with Crippen LogP contribution in [-0.4, -0.2) is 49.1 Å². The third-order valence-corrected chi connectivity index (χ3v) is 5.88. The molecule has 1 aromatic rings. The lowest BCUT2D eigenvalue weighted by molar-refractivity contribution is -0.137. The van der Waals surface area contributed by atoms with Gasteiger partial charge in [-0.1, -0.05) is 12.1 Å². The van der Waals surface area contributed by atoms with Gasteiger partial charge >= 0.3 is 11.7 Å². The molecule has 1 aliphatic rings. The van der Waals surface area contributed by atoms with Gasteiger partial charge in [0.2, 0.25) is 15.7 Å². The van der Waals surface area contributed by atoms with Gasteiger partial charge in [0.05, 0.1) is 11.3 Å². The fraction of sp³-hybridized carbons (Fsp3) is 0.529. The molecule has 2 rings (SSSR count). The number of carbonyl (C=O) groups is 2. The van der Waals surface area contributed by atoms with Crippen LogP contribution in [0.3, 0.4) is 0 Å². The molecule has 0 saturated carbocycles. The predicted octanol–water partition coefficient (Wildman–Crippen LogP) is 2.33. The Balaban J connectivity index is 1.96. The molecule has 1 heterocycles. The number of carboxylic acid groups (broad SMARTS) is 1. The highest BCUT2D eigenvalue weighted by atomic mass is 32.2. The highest BCUT2D eigenvalue weighted by Gasteiger charge is 2.27. The molecular weight excluding hydrogens is 368 g/mol. The Morgan fingerprint density at radius 3 is 2.46 bits per heavy atom. The zero-order valence-corrected chi connectivity index (χ0v) is 14.9. The van der Waals surface area contributed by atoms with Crippen molar-refractivity contribution in [1.29, 1.82) is 0 Å². The van der Waals surface area contributed by atoms with Gasteiger partial charge in [-0.25, -0.2) is 8.42 Å². The SMILES string of the molecule is O=C(O)CCC1CCCN(C(=O)Cc2ccc(S(=O)(=O)C(F)F)cc2)C1. The Morgan fingerprint density at radius 1 is 1.23 bits per heavy atom. The van der Waals surface area contributed by atoms with Gasteiger partial charge in [0, 0.05) is 19.5 Å². The Bertz CT molecular complexity index is 749. The fourth-order valence-electron chi connectivity index (χ4n) is 3.04. The number of sulfone groups is 1. The van der Waals surface area contributed by atoms with Gasteiger partial charge in [-0.05, 0) is 42.9 Å². The van der Waals surface area contributed by atoms with E-state index in [1.807, 2.05) is 0 Å². The zero-order chi connectivity index (χ0) is 19.3. The minimum absolute atomic E-state index is 0.0423. The lowest BCUT2D eigenvalue weighted by Crippen LogP contribution is -2.40. The smallest absolute Gasteiger partial charge is 0.341 e. The van der Waals surface area contributed by atoms with Crippen LogP contribution in [0.1, 0.15) is 31.2 Å². The second-order valence-electron chi connectivity index (χ2n) is 6.41. The molecule has 1 unspecified atom stereocenters. The van der Waals surface area contributed by atoms with Crippen LogP contribution in [0.25, 0.3) is 0 Å². The first-order valence-corrected chi connectivity index (χ1v) is 9.85. The van der Waals surface area contributed by atoms with Gasteiger partial charge in [0.25, 0.3) is 0 Å². The topological polar surface area (TPSA) is 91.8 Å². The number of alkyl halides is 2. The van der Waals surface area contributed by atoms with Crippen molar-refractivity contribution < 1.29 is 31.9 Å². The second-order valence-corrected chi connectivity index (χ2v) is 8.32. The average molecular weight is 389 g/mol. The third-order valence-electron chi connectivity index (χ3n) is 4.48. The van der Waals surface area contributed by atoms with Gasteiger partial charge in [0.15, 0.2) is 0 Å². The molecule has 0 aliphatic carbocycles. The number of halogens is 2. The molecule has 1 atom stereocenters. The number of rotatable bonds is 7. The van der Waals surface area contributed by atoms with E-state index < -0.39 is 26.5 Å². The predicted molar refractivity (Wildman–Crippen MR) is 89.5 cm³/mol. The van der Waals surface area contributed by atoms with E-state index in [0.29, 0.717) is 25.1 Å². The Labute approximate surface area is 150 Å². The number of carboxylic acids is 1. The van der Waals surface area contributed by atoms with Crippen molar-refractivity contribution in [3.05, 3.63) is 29.8 Å². The minimum atomic E-state index is -4.64. The number of hydrogen-bond acceptors (Lipinski definition) is 4. The van der Waals surface area contributed by atoms with Crippen molar-refractivity contribution >= 4 is 21.7 Å². The number of aliphatic carboxylic acids is 1. The monoisotopic (exact) mass is 389 g/mol. The summed E-state index contributed by atoms with van der Waals surface area (Å²) in [6, 6.07) is 4.88. The van der Waals surface area contributed by atoms with E-state index >= 15 is 0 Å². The molecule has 1 saturated heterocycles. The molecule has 26 heavy (non-hydrogen) atoms. The number of amides is 1. The van der Waals surface area contributed by atoms with E-state index in [1.54, 1.807) is 4.90 Å². The summed E-state index contributed by atoms with van der Waals surface area (Å²) in [4.78, 5) is 24.3. The molecule has 6 nitrogen and oxygen atoms in total. The minimum Gasteiger partial charge on any atom is -0.481 e. The van der Waals surface area contributed by atoms with Crippen molar-refractivity contribution in [3.63, 3.8) is 0 Å². The molecule has 1 amide bonds. The maximum atomic E-state index is 12.5. The number of benzene rings is 1. The molecule has 1 aromatic carbocycles. The van der Waals surface area contributed by atoms with Gasteiger partial charge in [0.1, 0.15) is 0 Å². The standard InChI is InChI=1S/C17H21F2NO5S/c18-17(19)26(24,25)14-6-3-12(4-7-14)10-15(21)20-9-1-2-13(11-20)5-8-16(22)23/h3-4,6-7,13,17H,1-2,5,8-11H2,(H,22,23). The summed E-state index contributed by atoms with van der Waals surface area (Å²) in [5, 5.41) is 8.76. The average Bonchev–Trinajstić information content (AvgIpc) is 2.60. The van der Waals surface area contributed by atoms with Crippen LogP contribution >= 0.6 is 0 Å². The van der Waals surface area contributed by atoms with Crippen molar-refractivity contribution in [2.24, 2.45) is 5.92 Å². The van der Waals surface area contributed by atoms with Gasteiger partial charge in [-0.3, -0.25) is 9.59 Å². The van der Waals surface area contributed by atoms with E-state index in [1.165, 1.54) is 12.1 Å². The van der Waals surface area contributed by atoms with Crippen molar-refractivity contribution in [2.45, 2.75) is 42.8 Å². The van der Waals surface area contributed by atoms with Crippen LogP contribution in [0.2, 0.25) is 0 Å². The molecule has 1 aliphatic heterocycles. The largest absolute Gasteiger partial charge is 0.481 e. The zero-order valence-electron chi connectivity index (χ0n) is 14.1. The van der Waals surface area contributed by atoms with Crippen molar-refractivity contribution in [1.82, 2.24) is 4.90 Å². The molecule has 144 valence electrons. The lowest BCUT2D eigenvalue weighted by atomic mass is 9.93. The molecule has 9 heteroatoms. The molecule has 0 aromatic heterocycles. The quantitative estimate of drug-likeness (QED) is 0.773. The van der Waals surface area contributed by atoms with E-state index in [9.17, 15) is 26.8 Å². The van der Waals surface area contributed by atoms with Crippen molar-refractivity contribution in [3.8, 4) is 0 Å². The fourth-order valence-corrected chi connectivity index (χ4v) is 3.76. The van der Waals surface area contributed by atoms with Crippen LogP contribution < -0.4 is 0 Å². The second kappa shape index (κ2) is 8.57. The highest BCUT2D eigenvalue weighted by Crippen LogP contribution is 2.22. The van der Waals surface area contributed by atoms with Crippen LogP contribution in [-0.2, 0) is 25.8 Å². The van der Waals surface area contributed by atoms with Crippen LogP contribution in [0.4, 0.5) is 8.78 Å². The number of hydrogen-bond donors (Lipinski definition) is 1. The first-order chi connectivity index (χ1) is 12.2. The van der Waals surface area contributed by atoms with E-state index in [2.05, 4.69) is 0 Å². The maximum Gasteiger partial charge on any atom is 0.341 e. The Kier molecular flexibility index (Phi) is 6.69. The molecular formula is C17H21F2NO5S. The van der Waals surface area contributed by atoms with Crippen LogP contribution in [0, 0.1) is 5.92 Å². The molecule has 0 spiro atoms. The van der Waals surface area contributed by atoms with Gasteiger partial charge < -0.3 is 10.0 Å². The van der Waals surface area contributed by atoms with E-state index in [-0.39, 0.29) is 24.7 Å². The normalized spacial score (nSPS) is 18.1. The summed E-state index contributed by atoms with van der Waals surface area (Å²) in [6.45, 7) is 1.10.